The van der Waals surface area contributed by atoms with Crippen LogP contribution in [0.4, 0.5) is 13.2 Å². The highest BCUT2D eigenvalue weighted by atomic mass is 19.4. The lowest BCUT2D eigenvalue weighted by atomic mass is 9.93. The molecule has 1 aliphatic heterocycles. The predicted octanol–water partition coefficient (Wildman–Crippen LogP) is 4.70. The van der Waals surface area contributed by atoms with Crippen LogP contribution in [0.15, 0.2) is 41.4 Å². The SMILES string of the molecule is [2H]C([2H])([2H])Oc1cc2c(cc1OC([2H])([2H])[2H])C([2H])([2H])C([2H])([2H])N=C2CCc1ccc(C(F)(F)F)cc1. The molecule has 0 N–H and O–H groups in total. The van der Waals surface area contributed by atoms with Crippen molar-refractivity contribution in [1.29, 1.82) is 0 Å². The van der Waals surface area contributed by atoms with Crippen molar-refractivity contribution in [2.24, 2.45) is 4.99 Å². The Bertz CT molecular complexity index is 1160. The molecule has 2 aromatic rings. The predicted molar refractivity (Wildman–Crippen MR) is 94.4 cm³/mol. The minimum Gasteiger partial charge on any atom is -0.493 e. The number of alkyl halides is 3. The molecule has 3 nitrogen and oxygen atoms in total. The molecule has 0 aromatic heterocycles. The summed E-state index contributed by atoms with van der Waals surface area (Å²) in [5.74, 6) is -1.18. The first kappa shape index (κ1) is 9.44. The highest BCUT2D eigenvalue weighted by Gasteiger charge is 2.29. The van der Waals surface area contributed by atoms with Crippen molar-refractivity contribution < 1.29 is 36.4 Å². The fourth-order valence-corrected chi connectivity index (χ4v) is 2.59. The highest BCUT2D eigenvalue weighted by Crippen LogP contribution is 2.33. The van der Waals surface area contributed by atoms with E-state index in [1.54, 1.807) is 0 Å². The standard InChI is InChI=1S/C20H20F3NO2/c1-25-18-11-14-9-10-24-17(16(14)12-19(18)26-2)8-5-13-3-6-15(7-4-13)20(21,22)23/h3-4,6-7,11-12H,5,8-10H2,1-2H3/i1D3,2D3,9D2,10D2. The summed E-state index contributed by atoms with van der Waals surface area (Å²) in [7, 11) is -6.08. The van der Waals surface area contributed by atoms with Crippen molar-refractivity contribution in [1.82, 2.24) is 0 Å². The molecule has 26 heavy (non-hydrogen) atoms. The van der Waals surface area contributed by atoms with Crippen molar-refractivity contribution in [2.45, 2.75) is 25.4 Å². The molecule has 0 amide bonds. The molecule has 0 spiro atoms. The van der Waals surface area contributed by atoms with Crippen LogP contribution in [-0.4, -0.2) is 26.3 Å². The third-order valence-corrected chi connectivity index (χ3v) is 3.93. The Morgan fingerprint density at radius 3 is 2.42 bits per heavy atom. The Kier molecular flexibility index (Phi) is 2.69. The van der Waals surface area contributed by atoms with Crippen LogP contribution in [0.2, 0.25) is 0 Å². The Morgan fingerprint density at radius 1 is 1.08 bits per heavy atom. The van der Waals surface area contributed by atoms with Gasteiger partial charge in [0, 0.05) is 20.5 Å². The van der Waals surface area contributed by atoms with E-state index in [2.05, 4.69) is 4.99 Å². The normalized spacial score (nSPS) is 24.3. The second-order valence-electron chi connectivity index (χ2n) is 5.54. The van der Waals surface area contributed by atoms with Crippen LogP contribution in [0.1, 0.15) is 42.4 Å². The van der Waals surface area contributed by atoms with E-state index in [1.807, 2.05) is 0 Å². The van der Waals surface area contributed by atoms with Gasteiger partial charge in [0.1, 0.15) is 0 Å². The lowest BCUT2D eigenvalue weighted by Crippen LogP contribution is -2.14. The number of fused-ring (bicyclic) bond motifs is 1. The van der Waals surface area contributed by atoms with E-state index in [0.29, 0.717) is 5.56 Å². The van der Waals surface area contributed by atoms with Gasteiger partial charge in [-0.05, 0) is 54.6 Å². The van der Waals surface area contributed by atoms with Gasteiger partial charge in [-0.1, -0.05) is 12.1 Å². The van der Waals surface area contributed by atoms with Gasteiger partial charge in [-0.25, -0.2) is 0 Å². The van der Waals surface area contributed by atoms with Crippen LogP contribution in [0.3, 0.4) is 0 Å². The molecule has 138 valence electrons. The fraction of sp³-hybridized carbons (Fsp3) is 0.350. The Morgan fingerprint density at radius 2 is 1.77 bits per heavy atom. The minimum absolute atomic E-state index is 0.0131. The Labute approximate surface area is 164 Å². The number of rotatable bonds is 5. The maximum Gasteiger partial charge on any atom is 0.416 e. The van der Waals surface area contributed by atoms with Gasteiger partial charge in [0.2, 0.25) is 0 Å². The van der Waals surface area contributed by atoms with E-state index in [-0.39, 0.29) is 29.7 Å². The maximum absolute atomic E-state index is 12.8. The Balaban J connectivity index is 2.06. The number of ether oxygens (including phenoxy) is 2. The van der Waals surface area contributed by atoms with Crippen molar-refractivity contribution in [2.75, 3.05) is 20.6 Å². The Hall–Kier alpha value is -2.50. The van der Waals surface area contributed by atoms with Gasteiger partial charge < -0.3 is 9.47 Å². The van der Waals surface area contributed by atoms with Crippen LogP contribution in [0.25, 0.3) is 0 Å². The number of benzene rings is 2. The van der Waals surface area contributed by atoms with Gasteiger partial charge in [0.05, 0.1) is 30.6 Å². The molecule has 0 unspecified atom stereocenters. The number of methoxy groups -OCH3 is 2. The van der Waals surface area contributed by atoms with Crippen molar-refractivity contribution in [3.63, 3.8) is 0 Å². The summed E-state index contributed by atoms with van der Waals surface area (Å²) in [6.45, 7) is -2.81. The van der Waals surface area contributed by atoms with Crippen molar-refractivity contribution in [3.8, 4) is 11.5 Å². The second-order valence-corrected chi connectivity index (χ2v) is 5.54. The monoisotopic (exact) mass is 373 g/mol. The molecule has 0 saturated heterocycles. The average Bonchev–Trinajstić information content (AvgIpc) is 2.68. The summed E-state index contributed by atoms with van der Waals surface area (Å²) in [5.41, 5.74) is -0.783. The molecule has 0 fully saturated rings. The summed E-state index contributed by atoms with van der Waals surface area (Å²) in [6, 6.07) is 6.17. The topological polar surface area (TPSA) is 30.8 Å². The summed E-state index contributed by atoms with van der Waals surface area (Å²) >= 11 is 0. The zero-order valence-electron chi connectivity index (χ0n) is 23.3. The minimum atomic E-state index is -4.51. The molecule has 0 saturated carbocycles. The van der Waals surface area contributed by atoms with Gasteiger partial charge in [0.25, 0.3) is 0 Å². The number of hydrogen-bond acceptors (Lipinski definition) is 3. The first-order chi connectivity index (χ1) is 16.2. The molecule has 1 heterocycles. The fourth-order valence-electron chi connectivity index (χ4n) is 2.59. The van der Waals surface area contributed by atoms with E-state index >= 15 is 0 Å². The summed E-state index contributed by atoms with van der Waals surface area (Å²) in [4.78, 5) is 3.87. The molecule has 0 bridgehead atoms. The number of hydrogen-bond donors (Lipinski definition) is 0. The average molecular weight is 373 g/mol. The lowest BCUT2D eigenvalue weighted by molar-refractivity contribution is -0.137. The van der Waals surface area contributed by atoms with Crippen molar-refractivity contribution >= 4 is 5.71 Å². The quantitative estimate of drug-likeness (QED) is 0.761. The maximum atomic E-state index is 12.8. The van der Waals surface area contributed by atoms with Crippen LogP contribution in [0, 0.1) is 0 Å². The third kappa shape index (κ3) is 3.84. The largest absolute Gasteiger partial charge is 0.493 e. The van der Waals surface area contributed by atoms with E-state index < -0.39 is 50.2 Å². The molecular formula is C20H20F3NO2. The number of halogens is 3. The van der Waals surface area contributed by atoms with E-state index in [9.17, 15) is 13.2 Å². The first-order valence-electron chi connectivity index (χ1n) is 12.5. The highest BCUT2D eigenvalue weighted by molar-refractivity contribution is 6.03. The molecule has 0 aliphatic carbocycles. The van der Waals surface area contributed by atoms with Gasteiger partial charge >= 0.3 is 6.18 Å². The number of aryl methyl sites for hydroxylation is 2. The summed E-state index contributed by atoms with van der Waals surface area (Å²) in [6.07, 6.45) is -7.25. The van der Waals surface area contributed by atoms with Gasteiger partial charge in [-0.15, -0.1) is 0 Å². The van der Waals surface area contributed by atoms with E-state index in [4.69, 9.17) is 23.2 Å². The second kappa shape index (κ2) is 7.40. The molecule has 0 radical (unpaired) electrons. The zero-order valence-corrected chi connectivity index (χ0v) is 13.3. The molecule has 6 heteroatoms. The van der Waals surface area contributed by atoms with Crippen LogP contribution in [-0.2, 0) is 19.0 Å². The van der Waals surface area contributed by atoms with E-state index in [0.717, 1.165) is 24.3 Å². The van der Waals surface area contributed by atoms with Gasteiger partial charge in [-0.3, -0.25) is 4.99 Å². The number of nitrogens with zero attached hydrogens (tertiary/aromatic N) is 1. The zero-order chi connectivity index (χ0) is 27.3. The lowest BCUT2D eigenvalue weighted by Gasteiger charge is -2.20. The molecular weight excluding hydrogens is 343 g/mol. The van der Waals surface area contributed by atoms with Crippen LogP contribution < -0.4 is 9.47 Å². The smallest absolute Gasteiger partial charge is 0.416 e. The molecule has 1 aliphatic rings. The first-order valence-corrected chi connectivity index (χ1v) is 7.51. The summed E-state index contributed by atoms with van der Waals surface area (Å²) in [5, 5.41) is 0. The molecule has 3 rings (SSSR count). The van der Waals surface area contributed by atoms with Gasteiger partial charge in [-0.2, -0.15) is 13.2 Å². The molecule has 2 aromatic carbocycles. The number of aliphatic imine (C=N–C) groups is 1. The third-order valence-electron chi connectivity index (χ3n) is 3.93. The van der Waals surface area contributed by atoms with Crippen LogP contribution in [0.5, 0.6) is 11.5 Å². The molecule has 0 atom stereocenters. The van der Waals surface area contributed by atoms with Gasteiger partial charge in [0.15, 0.2) is 11.5 Å². The summed E-state index contributed by atoms with van der Waals surface area (Å²) < 4.78 is 125. The van der Waals surface area contributed by atoms with Crippen LogP contribution >= 0.6 is 0 Å². The van der Waals surface area contributed by atoms with Crippen molar-refractivity contribution in [3.05, 3.63) is 58.7 Å². The van der Waals surface area contributed by atoms with E-state index in [1.165, 1.54) is 12.1 Å².